The standard InChI is InChI=1S/C51H62F3N7O9S/c1-49(2,3)45(46(66)59-31-37(62)28-40(59)41(63)20-12-33-13-21-42(56-30-33)58-22-9-11-44(58)65)57-43(64)32-69-25-10-24-68-23-7-6-8-26-70-38-18-16-35(17-19-38)61-48(71)60(47(67)50(61,4)5)36-15-14-34(29-55)39(27-36)51(52,53)54/h13-19,21,27,30,37,40,45,62H,6-12,20,22-26,28,31-32H2,1-5H3,(H,57,64)/t37-,40+,45?/m1/s1. The van der Waals surface area contributed by atoms with Crippen LogP contribution in [0.15, 0.2) is 60.8 Å². The Morgan fingerprint density at radius 1 is 0.958 bits per heavy atom. The lowest BCUT2D eigenvalue weighted by Crippen LogP contribution is -2.57. The number of ether oxygens (including phenoxy) is 3. The number of rotatable bonds is 22. The SMILES string of the molecule is CC(C)(C)C(NC(=O)COCCCOCCCCCOc1ccc(N2C(=S)N(c3ccc(C#N)c(C(F)(F)F)c3)C(=O)C2(C)C)cc1)C(=O)N1C[C@H](O)C[C@H]1C(=O)CCc1ccc(N2CCCC2=O)nc1. The largest absolute Gasteiger partial charge is 0.494 e. The van der Waals surface area contributed by atoms with Crippen LogP contribution in [0.5, 0.6) is 5.75 Å². The second-order valence-electron chi connectivity index (χ2n) is 19.5. The minimum atomic E-state index is -4.80. The van der Waals surface area contributed by atoms with E-state index in [1.165, 1.54) is 11.0 Å². The molecule has 71 heavy (non-hydrogen) atoms. The number of thiocarbonyl (C=S) groups is 1. The van der Waals surface area contributed by atoms with Gasteiger partial charge in [-0.05, 0) is 124 Å². The second kappa shape index (κ2) is 23.5. The molecule has 4 amide bonds. The number of Topliss-reactive ketones (excluding diaryl/α,β-unsaturated/α-hetero) is 1. The zero-order valence-corrected chi connectivity index (χ0v) is 41.6. The number of nitriles is 1. The molecule has 3 aliphatic heterocycles. The Kier molecular flexibility index (Phi) is 18.0. The Morgan fingerprint density at radius 3 is 2.30 bits per heavy atom. The highest BCUT2D eigenvalue weighted by molar-refractivity contribution is 7.81. The third-order valence-electron chi connectivity index (χ3n) is 12.6. The summed E-state index contributed by atoms with van der Waals surface area (Å²) in [6.45, 7) is 10.7. The van der Waals surface area contributed by atoms with E-state index in [0.29, 0.717) is 62.9 Å². The van der Waals surface area contributed by atoms with E-state index in [9.17, 15) is 47.5 Å². The lowest BCUT2D eigenvalue weighted by atomic mass is 9.85. The predicted octanol–water partition coefficient (Wildman–Crippen LogP) is 6.68. The maximum absolute atomic E-state index is 13.9. The summed E-state index contributed by atoms with van der Waals surface area (Å²) in [7, 11) is 0. The van der Waals surface area contributed by atoms with Crippen molar-refractivity contribution in [3.05, 3.63) is 77.5 Å². The van der Waals surface area contributed by atoms with E-state index in [1.807, 2.05) is 26.8 Å². The summed E-state index contributed by atoms with van der Waals surface area (Å²) >= 11 is 5.62. The molecule has 6 rings (SSSR count). The highest BCUT2D eigenvalue weighted by Crippen LogP contribution is 2.40. The van der Waals surface area contributed by atoms with E-state index in [4.69, 9.17) is 26.4 Å². The van der Waals surface area contributed by atoms with Gasteiger partial charge in [-0.3, -0.25) is 33.8 Å². The number of pyridine rings is 1. The number of aliphatic hydroxyl groups is 1. The van der Waals surface area contributed by atoms with Gasteiger partial charge >= 0.3 is 6.18 Å². The molecule has 3 fully saturated rings. The molecule has 20 heteroatoms. The molecule has 3 saturated heterocycles. The van der Waals surface area contributed by atoms with Crippen LogP contribution in [0.4, 0.5) is 30.4 Å². The van der Waals surface area contributed by atoms with Gasteiger partial charge in [-0.15, -0.1) is 0 Å². The van der Waals surface area contributed by atoms with Crippen LogP contribution in [-0.2, 0) is 46.0 Å². The van der Waals surface area contributed by atoms with Crippen LogP contribution < -0.4 is 24.8 Å². The average molecular weight is 1010 g/mol. The summed E-state index contributed by atoms with van der Waals surface area (Å²) in [5.74, 6) is -0.436. The van der Waals surface area contributed by atoms with Gasteiger partial charge < -0.3 is 34.4 Å². The van der Waals surface area contributed by atoms with E-state index in [1.54, 1.807) is 66.2 Å². The fraction of sp³-hybridized carbons (Fsp3) is 0.529. The van der Waals surface area contributed by atoms with Crippen LogP contribution >= 0.6 is 12.2 Å². The van der Waals surface area contributed by atoms with Gasteiger partial charge in [0.25, 0.3) is 5.91 Å². The Labute approximate surface area is 417 Å². The monoisotopic (exact) mass is 1010 g/mol. The summed E-state index contributed by atoms with van der Waals surface area (Å²) in [6.07, 6.45) is 0.812. The first-order chi connectivity index (χ1) is 33.6. The minimum Gasteiger partial charge on any atom is -0.494 e. The lowest BCUT2D eigenvalue weighted by molar-refractivity contribution is -0.144. The van der Waals surface area contributed by atoms with Crippen molar-refractivity contribution in [2.45, 2.75) is 122 Å². The Balaban J connectivity index is 0.848. The van der Waals surface area contributed by atoms with Gasteiger partial charge in [-0.2, -0.15) is 18.4 Å². The van der Waals surface area contributed by atoms with Crippen molar-refractivity contribution in [1.29, 1.82) is 5.26 Å². The smallest absolute Gasteiger partial charge is 0.417 e. The summed E-state index contributed by atoms with van der Waals surface area (Å²) in [4.78, 5) is 76.1. The molecule has 3 atom stereocenters. The number of nitrogens with zero attached hydrogens (tertiary/aromatic N) is 6. The number of hydrogen-bond donors (Lipinski definition) is 2. The number of aliphatic hydroxyl groups excluding tert-OH is 1. The van der Waals surface area contributed by atoms with Gasteiger partial charge in [0.1, 0.15) is 29.8 Å². The number of benzene rings is 2. The molecular weight excluding hydrogens is 944 g/mol. The number of hydrogen-bond acceptors (Lipinski definition) is 12. The van der Waals surface area contributed by atoms with Crippen LogP contribution in [0.3, 0.4) is 0 Å². The molecule has 3 aromatic rings. The van der Waals surface area contributed by atoms with Crippen molar-refractivity contribution in [3.8, 4) is 11.8 Å². The van der Waals surface area contributed by atoms with Gasteiger partial charge in [-0.1, -0.05) is 26.8 Å². The van der Waals surface area contributed by atoms with Gasteiger partial charge in [0.05, 0.1) is 41.6 Å². The zero-order chi connectivity index (χ0) is 51.7. The molecule has 1 aromatic heterocycles. The molecule has 0 bridgehead atoms. The summed E-state index contributed by atoms with van der Waals surface area (Å²) in [5.41, 5.74) is -2.37. The minimum absolute atomic E-state index is 0.00162. The number of aryl methyl sites for hydroxylation is 1. The van der Waals surface area contributed by atoms with Gasteiger partial charge in [-0.25, -0.2) is 4.98 Å². The fourth-order valence-electron chi connectivity index (χ4n) is 8.78. The van der Waals surface area contributed by atoms with Crippen molar-refractivity contribution in [2.24, 2.45) is 5.41 Å². The molecule has 16 nitrogen and oxygen atoms in total. The highest BCUT2D eigenvalue weighted by atomic mass is 32.1. The second-order valence-corrected chi connectivity index (χ2v) is 19.8. The first-order valence-electron chi connectivity index (χ1n) is 23.9. The first kappa shape index (κ1) is 54.3. The average Bonchev–Trinajstić information content (AvgIpc) is 3.99. The van der Waals surface area contributed by atoms with Gasteiger partial charge in [0.15, 0.2) is 10.9 Å². The van der Waals surface area contributed by atoms with Crippen LogP contribution in [0, 0.1) is 16.7 Å². The number of aromatic nitrogens is 1. The van der Waals surface area contributed by atoms with Crippen LogP contribution in [0.2, 0.25) is 0 Å². The number of carbonyl (C=O) groups is 5. The van der Waals surface area contributed by atoms with Crippen molar-refractivity contribution < 1.29 is 56.5 Å². The van der Waals surface area contributed by atoms with Crippen molar-refractivity contribution in [1.82, 2.24) is 15.2 Å². The molecule has 1 unspecified atom stereocenters. The van der Waals surface area contributed by atoms with Gasteiger partial charge in [0.2, 0.25) is 17.7 Å². The number of carbonyl (C=O) groups excluding carboxylic acids is 5. The van der Waals surface area contributed by atoms with Crippen LogP contribution in [0.25, 0.3) is 0 Å². The van der Waals surface area contributed by atoms with Crippen molar-refractivity contribution in [2.75, 3.05) is 60.8 Å². The number of amides is 4. The summed E-state index contributed by atoms with van der Waals surface area (Å²) < 4.78 is 58.3. The fourth-order valence-corrected chi connectivity index (χ4v) is 9.30. The number of unbranched alkanes of at least 4 members (excludes halogenated alkanes) is 2. The summed E-state index contributed by atoms with van der Waals surface area (Å²) in [5, 5.41) is 22.5. The maximum Gasteiger partial charge on any atom is 0.417 e. The third-order valence-corrected chi connectivity index (χ3v) is 13.0. The number of anilines is 3. The Bertz CT molecular complexity index is 2460. The molecule has 2 aromatic carbocycles. The van der Waals surface area contributed by atoms with Crippen molar-refractivity contribution in [3.63, 3.8) is 0 Å². The topological polar surface area (TPSA) is 195 Å². The number of likely N-dealkylation sites (tertiary alicyclic amines) is 1. The van der Waals surface area contributed by atoms with Crippen LogP contribution in [-0.4, -0.2) is 119 Å². The molecule has 2 N–H and O–H groups in total. The first-order valence-corrected chi connectivity index (χ1v) is 24.3. The van der Waals surface area contributed by atoms with Crippen molar-refractivity contribution >= 4 is 63.9 Å². The molecule has 0 radical (unpaired) electrons. The van der Waals surface area contributed by atoms with E-state index in [-0.39, 0.29) is 55.1 Å². The Morgan fingerprint density at radius 2 is 1.65 bits per heavy atom. The highest BCUT2D eigenvalue weighted by Gasteiger charge is 2.51. The molecule has 0 spiro atoms. The van der Waals surface area contributed by atoms with E-state index in [2.05, 4.69) is 10.3 Å². The number of ketones is 1. The number of β-amino-alcohol motifs (C(OH)–C–C–N with tert-alkyl or cyclic N) is 1. The predicted molar refractivity (Wildman–Crippen MR) is 262 cm³/mol. The quantitative estimate of drug-likeness (QED) is 0.0800. The lowest BCUT2D eigenvalue weighted by Gasteiger charge is -2.35. The normalized spacial score (nSPS) is 18.6. The number of nitrogens with one attached hydrogen (secondary N) is 1. The number of halogens is 3. The zero-order valence-electron chi connectivity index (χ0n) is 40.8. The molecule has 0 saturated carbocycles. The summed E-state index contributed by atoms with van der Waals surface area (Å²) in [6, 6.07) is 13.3. The van der Waals surface area contributed by atoms with E-state index in [0.717, 1.165) is 48.3 Å². The molecule has 0 aliphatic carbocycles. The third kappa shape index (κ3) is 13.5. The van der Waals surface area contributed by atoms with E-state index >= 15 is 0 Å². The van der Waals surface area contributed by atoms with Crippen LogP contribution in [0.1, 0.15) is 103 Å². The molecule has 3 aliphatic rings. The molecule has 4 heterocycles. The molecular formula is C51H62F3N7O9S. The van der Waals surface area contributed by atoms with E-state index < -0.39 is 64.2 Å². The molecule has 382 valence electrons. The number of alkyl halides is 3. The Hall–Kier alpha value is -6.01. The maximum atomic E-state index is 13.9. The van der Waals surface area contributed by atoms with Gasteiger partial charge in [0, 0.05) is 64.1 Å².